The quantitative estimate of drug-likeness (QED) is 0.878. The smallest absolute Gasteiger partial charge is 0.224 e. The number of nitrogens with zero attached hydrogens (tertiary/aromatic N) is 3. The van der Waals surface area contributed by atoms with Crippen molar-refractivity contribution in [1.82, 2.24) is 14.8 Å². The molecular weight excluding hydrogens is 212 g/mol. The van der Waals surface area contributed by atoms with Crippen molar-refractivity contribution < 1.29 is 0 Å². The van der Waals surface area contributed by atoms with E-state index in [9.17, 15) is 0 Å². The standard InChI is InChI=1S/C13H18N4/c1-4-14-13-16-15-12(17(13)5-2)11-8-6-7-10(3)9-11/h6-9H,4-5H2,1-3H3,(H,14,16). The highest BCUT2D eigenvalue weighted by Gasteiger charge is 2.11. The summed E-state index contributed by atoms with van der Waals surface area (Å²) in [6, 6.07) is 8.33. The zero-order valence-corrected chi connectivity index (χ0v) is 10.6. The Morgan fingerprint density at radius 3 is 2.71 bits per heavy atom. The summed E-state index contributed by atoms with van der Waals surface area (Å²) in [5, 5.41) is 11.7. The maximum atomic E-state index is 4.27. The zero-order chi connectivity index (χ0) is 12.3. The molecule has 0 atom stereocenters. The second-order valence-electron chi connectivity index (χ2n) is 3.99. The molecule has 2 aromatic rings. The first kappa shape index (κ1) is 11.6. The van der Waals surface area contributed by atoms with Crippen LogP contribution in [0.1, 0.15) is 19.4 Å². The summed E-state index contributed by atoms with van der Waals surface area (Å²) < 4.78 is 2.10. The Labute approximate surface area is 102 Å². The van der Waals surface area contributed by atoms with Crippen LogP contribution >= 0.6 is 0 Å². The highest BCUT2D eigenvalue weighted by atomic mass is 15.3. The predicted molar refractivity (Wildman–Crippen MR) is 70.0 cm³/mol. The molecule has 0 aliphatic rings. The molecule has 0 saturated heterocycles. The molecule has 1 aromatic carbocycles. The Morgan fingerprint density at radius 2 is 2.06 bits per heavy atom. The maximum Gasteiger partial charge on any atom is 0.224 e. The lowest BCUT2D eigenvalue weighted by atomic mass is 10.1. The highest BCUT2D eigenvalue weighted by Crippen LogP contribution is 2.21. The second-order valence-corrected chi connectivity index (χ2v) is 3.99. The highest BCUT2D eigenvalue weighted by molar-refractivity contribution is 5.58. The second kappa shape index (κ2) is 4.99. The SMILES string of the molecule is CCNc1nnc(-c2cccc(C)c2)n1CC. The number of hydrogen-bond acceptors (Lipinski definition) is 3. The van der Waals surface area contributed by atoms with Crippen molar-refractivity contribution in [3.8, 4) is 11.4 Å². The van der Waals surface area contributed by atoms with E-state index in [-0.39, 0.29) is 0 Å². The minimum absolute atomic E-state index is 0.839. The van der Waals surface area contributed by atoms with Crippen molar-refractivity contribution in [2.75, 3.05) is 11.9 Å². The van der Waals surface area contributed by atoms with Crippen LogP contribution in [0, 0.1) is 6.92 Å². The van der Waals surface area contributed by atoms with E-state index in [4.69, 9.17) is 0 Å². The number of benzene rings is 1. The van der Waals surface area contributed by atoms with Gasteiger partial charge in [-0.2, -0.15) is 0 Å². The van der Waals surface area contributed by atoms with Gasteiger partial charge in [-0.15, -0.1) is 10.2 Å². The minimum Gasteiger partial charge on any atom is -0.355 e. The Bertz CT molecular complexity index is 502. The van der Waals surface area contributed by atoms with Gasteiger partial charge < -0.3 is 5.32 Å². The van der Waals surface area contributed by atoms with Crippen molar-refractivity contribution in [3.63, 3.8) is 0 Å². The third-order valence-corrected chi connectivity index (χ3v) is 2.68. The van der Waals surface area contributed by atoms with Gasteiger partial charge in [-0.1, -0.05) is 23.8 Å². The fraction of sp³-hybridized carbons (Fsp3) is 0.385. The van der Waals surface area contributed by atoms with Crippen molar-refractivity contribution in [3.05, 3.63) is 29.8 Å². The van der Waals surface area contributed by atoms with E-state index in [0.29, 0.717) is 0 Å². The first-order valence-electron chi connectivity index (χ1n) is 6.00. The molecule has 1 heterocycles. The molecule has 4 nitrogen and oxygen atoms in total. The number of aryl methyl sites for hydroxylation is 1. The van der Waals surface area contributed by atoms with E-state index < -0.39 is 0 Å². The summed E-state index contributed by atoms with van der Waals surface area (Å²) in [5.74, 6) is 1.76. The fourth-order valence-corrected chi connectivity index (χ4v) is 1.89. The van der Waals surface area contributed by atoms with Crippen LogP contribution in [0.3, 0.4) is 0 Å². The van der Waals surface area contributed by atoms with Gasteiger partial charge in [0, 0.05) is 18.7 Å². The van der Waals surface area contributed by atoms with Gasteiger partial charge in [-0.05, 0) is 26.8 Å². The summed E-state index contributed by atoms with van der Waals surface area (Å²) in [7, 11) is 0. The third kappa shape index (κ3) is 2.30. The van der Waals surface area contributed by atoms with Gasteiger partial charge in [0.2, 0.25) is 5.95 Å². The van der Waals surface area contributed by atoms with Crippen molar-refractivity contribution in [2.45, 2.75) is 27.3 Å². The Kier molecular flexibility index (Phi) is 3.42. The van der Waals surface area contributed by atoms with Gasteiger partial charge in [0.1, 0.15) is 0 Å². The summed E-state index contributed by atoms with van der Waals surface area (Å²) in [5.41, 5.74) is 2.35. The minimum atomic E-state index is 0.839. The van der Waals surface area contributed by atoms with Gasteiger partial charge in [0.25, 0.3) is 0 Å². The van der Waals surface area contributed by atoms with Crippen molar-refractivity contribution >= 4 is 5.95 Å². The van der Waals surface area contributed by atoms with Crippen LogP contribution in [-0.4, -0.2) is 21.3 Å². The number of rotatable bonds is 4. The molecule has 90 valence electrons. The monoisotopic (exact) mass is 230 g/mol. The van der Waals surface area contributed by atoms with Crippen LogP contribution in [0.15, 0.2) is 24.3 Å². The van der Waals surface area contributed by atoms with Gasteiger partial charge in [0.05, 0.1) is 0 Å². The Hall–Kier alpha value is -1.84. The molecule has 0 radical (unpaired) electrons. The molecule has 0 amide bonds. The van der Waals surface area contributed by atoms with Crippen LogP contribution < -0.4 is 5.32 Å². The van der Waals surface area contributed by atoms with Gasteiger partial charge in [-0.25, -0.2) is 0 Å². The molecule has 0 saturated carbocycles. The van der Waals surface area contributed by atoms with Crippen LogP contribution in [0.5, 0.6) is 0 Å². The lowest BCUT2D eigenvalue weighted by Gasteiger charge is -2.08. The third-order valence-electron chi connectivity index (χ3n) is 2.68. The summed E-state index contributed by atoms with van der Waals surface area (Å²) in [4.78, 5) is 0. The van der Waals surface area contributed by atoms with E-state index in [1.54, 1.807) is 0 Å². The summed E-state index contributed by atoms with van der Waals surface area (Å²) in [6.45, 7) is 7.95. The Balaban J connectivity index is 2.45. The normalized spacial score (nSPS) is 10.5. The molecule has 2 rings (SSSR count). The van der Waals surface area contributed by atoms with E-state index in [2.05, 4.69) is 59.1 Å². The number of anilines is 1. The fourth-order valence-electron chi connectivity index (χ4n) is 1.89. The molecule has 0 fully saturated rings. The number of hydrogen-bond donors (Lipinski definition) is 1. The molecule has 0 spiro atoms. The zero-order valence-electron chi connectivity index (χ0n) is 10.6. The number of aromatic nitrogens is 3. The van der Waals surface area contributed by atoms with E-state index >= 15 is 0 Å². The molecule has 0 aliphatic heterocycles. The first-order valence-corrected chi connectivity index (χ1v) is 6.00. The van der Waals surface area contributed by atoms with Gasteiger partial charge in [-0.3, -0.25) is 4.57 Å². The van der Waals surface area contributed by atoms with E-state index in [1.807, 2.05) is 6.07 Å². The molecular formula is C13H18N4. The molecule has 1 N–H and O–H groups in total. The maximum absolute atomic E-state index is 4.27. The molecule has 0 unspecified atom stereocenters. The summed E-state index contributed by atoms with van der Waals surface area (Å²) >= 11 is 0. The molecule has 0 bridgehead atoms. The Morgan fingerprint density at radius 1 is 1.24 bits per heavy atom. The topological polar surface area (TPSA) is 42.7 Å². The lowest BCUT2D eigenvalue weighted by molar-refractivity contribution is 0.770. The van der Waals surface area contributed by atoms with Crippen LogP contribution in [0.4, 0.5) is 5.95 Å². The summed E-state index contributed by atoms with van der Waals surface area (Å²) in [6.07, 6.45) is 0. The average molecular weight is 230 g/mol. The van der Waals surface area contributed by atoms with Crippen LogP contribution in [0.25, 0.3) is 11.4 Å². The molecule has 17 heavy (non-hydrogen) atoms. The van der Waals surface area contributed by atoms with E-state index in [1.165, 1.54) is 5.56 Å². The predicted octanol–water partition coefficient (Wildman–Crippen LogP) is 2.71. The number of nitrogens with one attached hydrogen (secondary N) is 1. The average Bonchev–Trinajstić information content (AvgIpc) is 2.72. The van der Waals surface area contributed by atoms with Gasteiger partial charge in [0.15, 0.2) is 5.82 Å². The van der Waals surface area contributed by atoms with Crippen LogP contribution in [0.2, 0.25) is 0 Å². The van der Waals surface area contributed by atoms with E-state index in [0.717, 1.165) is 30.4 Å². The molecule has 4 heteroatoms. The van der Waals surface area contributed by atoms with Crippen molar-refractivity contribution in [1.29, 1.82) is 0 Å². The lowest BCUT2D eigenvalue weighted by Crippen LogP contribution is -2.06. The van der Waals surface area contributed by atoms with Crippen LogP contribution in [-0.2, 0) is 6.54 Å². The molecule has 0 aliphatic carbocycles. The first-order chi connectivity index (χ1) is 8.26. The molecule has 1 aromatic heterocycles. The largest absolute Gasteiger partial charge is 0.355 e. The van der Waals surface area contributed by atoms with Gasteiger partial charge >= 0.3 is 0 Å². The van der Waals surface area contributed by atoms with Crippen molar-refractivity contribution in [2.24, 2.45) is 0 Å².